The Labute approximate surface area is 95.7 Å². The fourth-order valence-electron chi connectivity index (χ4n) is 1.42. The van der Waals surface area contributed by atoms with Gasteiger partial charge in [0.1, 0.15) is 0 Å². The summed E-state index contributed by atoms with van der Waals surface area (Å²) in [6, 6.07) is 0. The van der Waals surface area contributed by atoms with E-state index in [4.69, 9.17) is 0 Å². The van der Waals surface area contributed by atoms with Gasteiger partial charge in [0.2, 0.25) is 0 Å². The Kier molecular flexibility index (Phi) is 9.60. The molecule has 0 radical (unpaired) electrons. The van der Waals surface area contributed by atoms with Gasteiger partial charge in [0.15, 0.2) is 0 Å². The highest BCUT2D eigenvalue weighted by molar-refractivity contribution is 5.13. The van der Waals surface area contributed by atoms with E-state index in [2.05, 4.69) is 44.8 Å². The van der Waals surface area contributed by atoms with Gasteiger partial charge in [0, 0.05) is 0 Å². The predicted molar refractivity (Wildman–Crippen MR) is 70.1 cm³/mol. The molecule has 0 saturated heterocycles. The van der Waals surface area contributed by atoms with Gasteiger partial charge in [0.25, 0.3) is 0 Å². The lowest BCUT2D eigenvalue weighted by Crippen LogP contribution is -2.20. The van der Waals surface area contributed by atoms with Crippen molar-refractivity contribution < 1.29 is 0 Å². The average molecular weight is 209 g/mol. The molecule has 0 aromatic rings. The zero-order valence-corrected chi connectivity index (χ0v) is 10.7. The molecular weight excluding hydrogens is 182 g/mol. The second-order valence-electron chi connectivity index (χ2n) is 4.30. The third-order valence-corrected chi connectivity index (χ3v) is 2.51. The minimum Gasteiger partial charge on any atom is -0.317 e. The highest BCUT2D eigenvalue weighted by atomic mass is 14.8. The van der Waals surface area contributed by atoms with E-state index >= 15 is 0 Å². The summed E-state index contributed by atoms with van der Waals surface area (Å²) in [6.07, 6.45) is 9.18. The highest BCUT2D eigenvalue weighted by Gasteiger charge is 2.00. The summed E-state index contributed by atoms with van der Waals surface area (Å²) in [6.45, 7) is 12.9. The Hall–Kier alpha value is -0.560. The fraction of sp³-hybridized carbons (Fsp3) is 0.714. The van der Waals surface area contributed by atoms with Crippen LogP contribution >= 0.6 is 0 Å². The molecule has 1 nitrogen and oxygen atoms in total. The monoisotopic (exact) mass is 209 g/mol. The van der Waals surface area contributed by atoms with Crippen molar-refractivity contribution in [2.75, 3.05) is 13.1 Å². The lowest BCUT2D eigenvalue weighted by molar-refractivity contribution is 0.490. The first kappa shape index (κ1) is 14.4. The maximum atomic E-state index is 4.07. The Morgan fingerprint density at radius 3 is 2.73 bits per heavy atom. The second kappa shape index (κ2) is 9.97. The lowest BCUT2D eigenvalue weighted by Gasteiger charge is -2.11. The van der Waals surface area contributed by atoms with Crippen molar-refractivity contribution in [2.24, 2.45) is 5.92 Å². The van der Waals surface area contributed by atoms with Crippen LogP contribution in [-0.2, 0) is 0 Å². The van der Waals surface area contributed by atoms with Crippen LogP contribution in [0.15, 0.2) is 24.3 Å². The Balaban J connectivity index is 3.52. The predicted octanol–water partition coefficient (Wildman–Crippen LogP) is 3.92. The molecule has 0 aliphatic rings. The number of hydrogen-bond acceptors (Lipinski definition) is 1. The van der Waals surface area contributed by atoms with E-state index in [1.807, 2.05) is 0 Å². The SMILES string of the molecule is C=C(/C=C\CCC)CC[C@H](C)CNCC. The van der Waals surface area contributed by atoms with Gasteiger partial charge in [-0.1, -0.05) is 51.5 Å². The van der Waals surface area contributed by atoms with Gasteiger partial charge in [-0.3, -0.25) is 0 Å². The van der Waals surface area contributed by atoms with Crippen LogP contribution in [0.2, 0.25) is 0 Å². The van der Waals surface area contributed by atoms with Crippen molar-refractivity contribution in [1.29, 1.82) is 0 Å². The molecule has 0 fully saturated rings. The van der Waals surface area contributed by atoms with E-state index in [0.29, 0.717) is 0 Å². The fourth-order valence-corrected chi connectivity index (χ4v) is 1.42. The van der Waals surface area contributed by atoms with Crippen molar-refractivity contribution in [1.82, 2.24) is 5.32 Å². The Morgan fingerprint density at radius 2 is 2.13 bits per heavy atom. The summed E-state index contributed by atoms with van der Waals surface area (Å²) >= 11 is 0. The van der Waals surface area contributed by atoms with Crippen molar-refractivity contribution in [2.45, 2.75) is 46.5 Å². The molecule has 0 aliphatic carbocycles. The van der Waals surface area contributed by atoms with E-state index in [0.717, 1.165) is 25.4 Å². The summed E-state index contributed by atoms with van der Waals surface area (Å²) < 4.78 is 0. The number of nitrogens with one attached hydrogen (secondary N) is 1. The van der Waals surface area contributed by atoms with Crippen LogP contribution < -0.4 is 5.32 Å². The topological polar surface area (TPSA) is 12.0 Å². The molecular formula is C14H27N. The summed E-state index contributed by atoms with van der Waals surface area (Å²) in [5.74, 6) is 0.751. The third-order valence-electron chi connectivity index (χ3n) is 2.51. The van der Waals surface area contributed by atoms with Crippen LogP contribution in [0, 0.1) is 5.92 Å². The van der Waals surface area contributed by atoms with Crippen molar-refractivity contribution in [3.63, 3.8) is 0 Å². The third kappa shape index (κ3) is 9.74. The van der Waals surface area contributed by atoms with Crippen molar-refractivity contribution >= 4 is 0 Å². The minimum absolute atomic E-state index is 0.751. The molecule has 88 valence electrons. The van der Waals surface area contributed by atoms with E-state index < -0.39 is 0 Å². The highest BCUT2D eigenvalue weighted by Crippen LogP contribution is 2.11. The molecule has 0 aliphatic heterocycles. The quantitative estimate of drug-likeness (QED) is 0.567. The summed E-state index contributed by atoms with van der Waals surface area (Å²) in [5.41, 5.74) is 1.27. The largest absolute Gasteiger partial charge is 0.317 e. The molecule has 0 aromatic heterocycles. The molecule has 0 aromatic carbocycles. The molecule has 1 atom stereocenters. The second-order valence-corrected chi connectivity index (χ2v) is 4.30. The Morgan fingerprint density at radius 1 is 1.40 bits per heavy atom. The first-order chi connectivity index (χ1) is 7.20. The van der Waals surface area contributed by atoms with Crippen LogP contribution in [0.3, 0.4) is 0 Å². The number of allylic oxidation sites excluding steroid dienone is 3. The minimum atomic E-state index is 0.751. The molecule has 0 heterocycles. The molecule has 0 spiro atoms. The molecule has 15 heavy (non-hydrogen) atoms. The Bertz CT molecular complexity index is 182. The van der Waals surface area contributed by atoms with Crippen molar-refractivity contribution in [3.05, 3.63) is 24.3 Å². The van der Waals surface area contributed by atoms with Crippen LogP contribution in [-0.4, -0.2) is 13.1 Å². The van der Waals surface area contributed by atoms with Gasteiger partial charge in [-0.25, -0.2) is 0 Å². The van der Waals surface area contributed by atoms with E-state index in [1.54, 1.807) is 0 Å². The smallest absolute Gasteiger partial charge is 0.00232 e. The maximum absolute atomic E-state index is 4.07. The first-order valence-electron chi connectivity index (χ1n) is 6.25. The van der Waals surface area contributed by atoms with Gasteiger partial charge in [-0.2, -0.15) is 0 Å². The molecule has 0 bridgehead atoms. The first-order valence-corrected chi connectivity index (χ1v) is 6.25. The van der Waals surface area contributed by atoms with Gasteiger partial charge < -0.3 is 5.32 Å². The van der Waals surface area contributed by atoms with Crippen LogP contribution in [0.5, 0.6) is 0 Å². The zero-order chi connectivity index (χ0) is 11.5. The van der Waals surface area contributed by atoms with Crippen LogP contribution in [0.1, 0.15) is 46.5 Å². The number of rotatable bonds is 9. The normalized spacial score (nSPS) is 13.3. The number of unbranched alkanes of at least 4 members (excludes halogenated alkanes) is 1. The zero-order valence-electron chi connectivity index (χ0n) is 10.7. The summed E-state index contributed by atoms with van der Waals surface area (Å²) in [5, 5.41) is 3.38. The molecule has 1 N–H and O–H groups in total. The molecule has 1 heteroatoms. The molecule has 0 saturated carbocycles. The van der Waals surface area contributed by atoms with Gasteiger partial charge in [-0.15, -0.1) is 0 Å². The molecule has 0 amide bonds. The van der Waals surface area contributed by atoms with E-state index in [9.17, 15) is 0 Å². The standard InChI is InChI=1S/C14H27N/c1-5-7-8-9-13(3)10-11-14(4)12-15-6-2/h8-9,14-15H,3,5-7,10-12H2,1-2,4H3/b9-8-/t14-/m0/s1. The van der Waals surface area contributed by atoms with Crippen LogP contribution in [0.4, 0.5) is 0 Å². The van der Waals surface area contributed by atoms with E-state index in [-0.39, 0.29) is 0 Å². The van der Waals surface area contributed by atoms with Gasteiger partial charge in [0.05, 0.1) is 0 Å². The lowest BCUT2D eigenvalue weighted by atomic mass is 10.0. The summed E-state index contributed by atoms with van der Waals surface area (Å²) in [4.78, 5) is 0. The number of hydrogen-bond donors (Lipinski definition) is 1. The van der Waals surface area contributed by atoms with Crippen molar-refractivity contribution in [3.8, 4) is 0 Å². The average Bonchev–Trinajstić information content (AvgIpc) is 2.24. The maximum Gasteiger partial charge on any atom is -0.00232 e. The van der Waals surface area contributed by atoms with Gasteiger partial charge >= 0.3 is 0 Å². The van der Waals surface area contributed by atoms with E-state index in [1.165, 1.54) is 24.8 Å². The van der Waals surface area contributed by atoms with Crippen LogP contribution in [0.25, 0.3) is 0 Å². The molecule has 0 rings (SSSR count). The molecule has 0 unspecified atom stereocenters. The summed E-state index contributed by atoms with van der Waals surface area (Å²) in [7, 11) is 0. The van der Waals surface area contributed by atoms with Gasteiger partial charge in [-0.05, 0) is 38.3 Å².